The van der Waals surface area contributed by atoms with Crippen LogP contribution in [0.2, 0.25) is 0 Å². The number of hydrogen-bond donors (Lipinski definition) is 0. The predicted octanol–water partition coefficient (Wildman–Crippen LogP) is 3.90. The van der Waals surface area contributed by atoms with Gasteiger partial charge in [0.2, 0.25) is 0 Å². The number of alkyl halides is 3. The van der Waals surface area contributed by atoms with Crippen LogP contribution in [0.3, 0.4) is 0 Å². The van der Waals surface area contributed by atoms with Crippen molar-refractivity contribution in [2.45, 2.75) is 6.18 Å². The first-order chi connectivity index (χ1) is 9.40. The molecule has 0 saturated heterocycles. The van der Waals surface area contributed by atoms with E-state index in [0.29, 0.717) is 12.1 Å². The Balaban J connectivity index is 2.33. The van der Waals surface area contributed by atoms with Gasteiger partial charge in [0, 0.05) is 12.3 Å². The third-order valence-electron chi connectivity index (χ3n) is 2.32. The maximum atomic E-state index is 13.1. The summed E-state index contributed by atoms with van der Waals surface area (Å²) in [6, 6.07) is 6.69. The molecule has 0 spiro atoms. The number of aromatic nitrogens is 1. The van der Waals surface area contributed by atoms with E-state index in [4.69, 9.17) is 10.00 Å². The minimum Gasteiger partial charge on any atom is -0.457 e. The number of benzene rings is 1. The van der Waals surface area contributed by atoms with Crippen LogP contribution >= 0.6 is 0 Å². The van der Waals surface area contributed by atoms with E-state index < -0.39 is 17.6 Å². The molecular formula is C13H6F4N2O. The van der Waals surface area contributed by atoms with Crippen LogP contribution in [0.15, 0.2) is 36.5 Å². The first-order valence-electron chi connectivity index (χ1n) is 5.31. The molecule has 0 unspecified atom stereocenters. The highest BCUT2D eigenvalue weighted by Gasteiger charge is 2.34. The van der Waals surface area contributed by atoms with Gasteiger partial charge >= 0.3 is 6.18 Å². The zero-order valence-corrected chi connectivity index (χ0v) is 9.78. The van der Waals surface area contributed by atoms with Gasteiger partial charge in [0.1, 0.15) is 29.1 Å². The average molecular weight is 282 g/mol. The molecule has 2 aromatic rings. The number of nitrogens with zero attached hydrogens (tertiary/aromatic N) is 2. The largest absolute Gasteiger partial charge is 0.457 e. The Kier molecular flexibility index (Phi) is 3.57. The van der Waals surface area contributed by atoms with Crippen molar-refractivity contribution < 1.29 is 22.3 Å². The van der Waals surface area contributed by atoms with Crippen molar-refractivity contribution in [2.24, 2.45) is 0 Å². The molecule has 102 valence electrons. The standard InChI is InChI=1S/C13H6F4N2O/c14-12-2-1-9(6-11(12)13(15,16)17)20-10-3-4-19-8(5-10)7-18/h1-6H. The number of ether oxygens (including phenoxy) is 1. The molecule has 0 saturated carbocycles. The minimum absolute atomic E-state index is 0.0562. The number of rotatable bonds is 2. The summed E-state index contributed by atoms with van der Waals surface area (Å²) >= 11 is 0. The molecule has 2 rings (SSSR count). The molecule has 0 atom stereocenters. The molecule has 0 radical (unpaired) electrons. The van der Waals surface area contributed by atoms with Gasteiger partial charge in [-0.3, -0.25) is 0 Å². The summed E-state index contributed by atoms with van der Waals surface area (Å²) in [6.07, 6.45) is -3.53. The monoisotopic (exact) mass is 282 g/mol. The summed E-state index contributed by atoms with van der Waals surface area (Å²) in [5, 5.41) is 8.65. The summed E-state index contributed by atoms with van der Waals surface area (Å²) < 4.78 is 55.9. The van der Waals surface area contributed by atoms with Gasteiger partial charge in [-0.25, -0.2) is 9.37 Å². The molecule has 1 heterocycles. The van der Waals surface area contributed by atoms with Gasteiger partial charge in [0.05, 0.1) is 5.56 Å². The van der Waals surface area contributed by atoms with E-state index in [9.17, 15) is 17.6 Å². The van der Waals surface area contributed by atoms with Crippen LogP contribution in [0.5, 0.6) is 11.5 Å². The molecule has 3 nitrogen and oxygen atoms in total. The van der Waals surface area contributed by atoms with Gasteiger partial charge in [-0.2, -0.15) is 18.4 Å². The molecule has 1 aromatic carbocycles. The van der Waals surface area contributed by atoms with E-state index in [1.54, 1.807) is 6.07 Å². The summed E-state index contributed by atoms with van der Waals surface area (Å²) in [5.74, 6) is -1.43. The van der Waals surface area contributed by atoms with Gasteiger partial charge < -0.3 is 4.74 Å². The third-order valence-corrected chi connectivity index (χ3v) is 2.32. The molecule has 1 aromatic heterocycles. The van der Waals surface area contributed by atoms with Crippen LogP contribution in [0, 0.1) is 17.1 Å². The number of halogens is 4. The Bertz CT molecular complexity index is 677. The lowest BCUT2D eigenvalue weighted by atomic mass is 10.2. The van der Waals surface area contributed by atoms with Crippen molar-refractivity contribution in [1.82, 2.24) is 4.98 Å². The Morgan fingerprint density at radius 2 is 1.80 bits per heavy atom. The zero-order valence-electron chi connectivity index (χ0n) is 9.78. The molecular weight excluding hydrogens is 276 g/mol. The second-order valence-electron chi connectivity index (χ2n) is 3.73. The van der Waals surface area contributed by atoms with Crippen molar-refractivity contribution in [3.63, 3.8) is 0 Å². The Hall–Kier alpha value is -2.62. The fraction of sp³-hybridized carbons (Fsp3) is 0.0769. The Morgan fingerprint density at radius 3 is 2.45 bits per heavy atom. The van der Waals surface area contributed by atoms with Gasteiger partial charge in [-0.05, 0) is 24.3 Å². The number of hydrogen-bond acceptors (Lipinski definition) is 3. The molecule has 0 N–H and O–H groups in total. The third kappa shape index (κ3) is 3.03. The van der Waals surface area contributed by atoms with Crippen LogP contribution in [0.1, 0.15) is 11.3 Å². The lowest BCUT2D eigenvalue weighted by molar-refractivity contribution is -0.140. The van der Waals surface area contributed by atoms with Gasteiger partial charge in [0.15, 0.2) is 0 Å². The lowest BCUT2D eigenvalue weighted by Crippen LogP contribution is -2.08. The van der Waals surface area contributed by atoms with Crippen LogP contribution in [-0.4, -0.2) is 4.98 Å². The smallest absolute Gasteiger partial charge is 0.419 e. The molecule has 7 heteroatoms. The van der Waals surface area contributed by atoms with Gasteiger partial charge in [-0.15, -0.1) is 0 Å². The van der Waals surface area contributed by atoms with Crippen LogP contribution in [0.25, 0.3) is 0 Å². The fourth-order valence-corrected chi connectivity index (χ4v) is 1.46. The molecule has 0 fully saturated rings. The maximum absolute atomic E-state index is 13.1. The average Bonchev–Trinajstić information content (AvgIpc) is 2.40. The van der Waals surface area contributed by atoms with Gasteiger partial charge in [0.25, 0.3) is 0 Å². The van der Waals surface area contributed by atoms with E-state index >= 15 is 0 Å². The Labute approximate surface area is 111 Å². The normalized spacial score (nSPS) is 10.9. The fourth-order valence-electron chi connectivity index (χ4n) is 1.46. The zero-order chi connectivity index (χ0) is 14.8. The second kappa shape index (κ2) is 5.17. The summed E-state index contributed by atoms with van der Waals surface area (Å²) in [4.78, 5) is 3.69. The highest BCUT2D eigenvalue weighted by molar-refractivity contribution is 5.37. The highest BCUT2D eigenvalue weighted by atomic mass is 19.4. The molecule has 0 aliphatic carbocycles. The van der Waals surface area contributed by atoms with E-state index in [2.05, 4.69) is 4.98 Å². The summed E-state index contributed by atoms with van der Waals surface area (Å²) in [6.45, 7) is 0. The SMILES string of the molecule is N#Cc1cc(Oc2ccc(F)c(C(F)(F)F)c2)ccn1. The molecule has 0 bridgehead atoms. The minimum atomic E-state index is -4.81. The predicted molar refractivity (Wildman–Crippen MR) is 60.4 cm³/mol. The second-order valence-corrected chi connectivity index (χ2v) is 3.73. The van der Waals surface area contributed by atoms with E-state index in [1.807, 2.05) is 0 Å². The number of nitriles is 1. The highest BCUT2D eigenvalue weighted by Crippen LogP contribution is 2.34. The van der Waals surface area contributed by atoms with Crippen LogP contribution < -0.4 is 4.74 Å². The van der Waals surface area contributed by atoms with E-state index in [1.165, 1.54) is 18.3 Å². The maximum Gasteiger partial charge on any atom is 0.419 e. The van der Waals surface area contributed by atoms with Crippen LogP contribution in [-0.2, 0) is 6.18 Å². The molecule has 20 heavy (non-hydrogen) atoms. The van der Waals surface area contributed by atoms with E-state index in [-0.39, 0.29) is 17.2 Å². The van der Waals surface area contributed by atoms with Crippen molar-refractivity contribution in [2.75, 3.05) is 0 Å². The first-order valence-corrected chi connectivity index (χ1v) is 5.31. The van der Waals surface area contributed by atoms with Crippen molar-refractivity contribution in [1.29, 1.82) is 5.26 Å². The van der Waals surface area contributed by atoms with E-state index in [0.717, 1.165) is 6.07 Å². The number of pyridine rings is 1. The van der Waals surface area contributed by atoms with Gasteiger partial charge in [-0.1, -0.05) is 0 Å². The summed E-state index contributed by atoms with van der Waals surface area (Å²) in [7, 11) is 0. The topological polar surface area (TPSA) is 45.9 Å². The van der Waals surface area contributed by atoms with Crippen molar-refractivity contribution >= 4 is 0 Å². The molecule has 0 aliphatic rings. The van der Waals surface area contributed by atoms with Crippen molar-refractivity contribution in [3.05, 3.63) is 53.6 Å². The van der Waals surface area contributed by atoms with Crippen LogP contribution in [0.4, 0.5) is 17.6 Å². The lowest BCUT2D eigenvalue weighted by Gasteiger charge is -2.11. The molecule has 0 aliphatic heterocycles. The van der Waals surface area contributed by atoms with Crippen molar-refractivity contribution in [3.8, 4) is 17.6 Å². The first kappa shape index (κ1) is 13.8. The summed E-state index contributed by atoms with van der Waals surface area (Å²) in [5.41, 5.74) is -1.36. The Morgan fingerprint density at radius 1 is 1.10 bits per heavy atom. The quantitative estimate of drug-likeness (QED) is 0.785. The molecule has 0 amide bonds.